The van der Waals surface area contributed by atoms with Crippen molar-refractivity contribution in [1.82, 2.24) is 24.8 Å². The molecule has 0 N–H and O–H groups in total. The molecule has 8 nitrogen and oxygen atoms in total. The van der Waals surface area contributed by atoms with Crippen LogP contribution in [0.1, 0.15) is 16.9 Å². The van der Waals surface area contributed by atoms with E-state index in [1.54, 1.807) is 24.8 Å². The van der Waals surface area contributed by atoms with Crippen LogP contribution < -0.4 is 4.90 Å². The molecule has 0 bridgehead atoms. The van der Waals surface area contributed by atoms with Gasteiger partial charge in [-0.05, 0) is 12.5 Å². The monoisotopic (exact) mass is 340 g/mol. The van der Waals surface area contributed by atoms with Crippen LogP contribution in [0.15, 0.2) is 37.1 Å². The molecule has 2 saturated heterocycles. The molecule has 4 heterocycles. The predicted molar refractivity (Wildman–Crippen MR) is 90.0 cm³/mol. The van der Waals surface area contributed by atoms with Gasteiger partial charge in [-0.25, -0.2) is 15.0 Å². The Balaban J connectivity index is 1.51. The van der Waals surface area contributed by atoms with Crippen molar-refractivity contribution in [2.45, 2.75) is 6.42 Å². The molecule has 4 rings (SSSR count). The number of rotatable bonds is 2. The molecule has 0 unspecified atom stereocenters. The molecular formula is C17H20N6O2. The number of aromatic nitrogens is 4. The first-order valence-electron chi connectivity index (χ1n) is 8.41. The van der Waals surface area contributed by atoms with Crippen molar-refractivity contribution >= 4 is 11.9 Å². The molecule has 25 heavy (non-hydrogen) atoms. The highest BCUT2D eigenvalue weighted by Crippen LogP contribution is 2.35. The van der Waals surface area contributed by atoms with Gasteiger partial charge in [0.25, 0.3) is 5.91 Å². The van der Waals surface area contributed by atoms with E-state index in [9.17, 15) is 4.79 Å². The van der Waals surface area contributed by atoms with Gasteiger partial charge >= 0.3 is 0 Å². The molecule has 130 valence electrons. The zero-order chi connectivity index (χ0) is 17.1. The molecule has 1 atom stereocenters. The van der Waals surface area contributed by atoms with Crippen molar-refractivity contribution in [3.05, 3.63) is 42.7 Å². The van der Waals surface area contributed by atoms with Crippen LogP contribution in [0.5, 0.6) is 0 Å². The Morgan fingerprint density at radius 3 is 2.76 bits per heavy atom. The van der Waals surface area contributed by atoms with Crippen molar-refractivity contribution in [2.24, 2.45) is 5.41 Å². The lowest BCUT2D eigenvalue weighted by Crippen LogP contribution is -2.43. The van der Waals surface area contributed by atoms with Crippen molar-refractivity contribution in [2.75, 3.05) is 44.3 Å². The Kier molecular flexibility index (Phi) is 4.27. The van der Waals surface area contributed by atoms with E-state index in [2.05, 4.69) is 24.8 Å². The predicted octanol–water partition coefficient (Wildman–Crippen LogP) is 0.636. The number of carbonyl (C=O) groups excluding carboxylic acids is 1. The lowest BCUT2D eigenvalue weighted by molar-refractivity contribution is 0.0685. The molecule has 1 spiro atoms. The van der Waals surface area contributed by atoms with E-state index < -0.39 is 0 Å². The fourth-order valence-electron chi connectivity index (χ4n) is 3.55. The fourth-order valence-corrected chi connectivity index (χ4v) is 3.55. The lowest BCUT2D eigenvalue weighted by atomic mass is 9.87. The summed E-state index contributed by atoms with van der Waals surface area (Å²) in [5.41, 5.74) is 0.272. The maximum atomic E-state index is 12.8. The van der Waals surface area contributed by atoms with Crippen molar-refractivity contribution in [3.8, 4) is 0 Å². The summed E-state index contributed by atoms with van der Waals surface area (Å²) in [5, 5.41) is 0. The van der Waals surface area contributed by atoms with Gasteiger partial charge in [-0.1, -0.05) is 0 Å². The van der Waals surface area contributed by atoms with E-state index in [1.165, 1.54) is 6.20 Å². The first kappa shape index (κ1) is 15.9. The Morgan fingerprint density at radius 2 is 1.96 bits per heavy atom. The van der Waals surface area contributed by atoms with Gasteiger partial charge in [0.05, 0.1) is 19.4 Å². The molecule has 0 radical (unpaired) electrons. The second-order valence-corrected chi connectivity index (χ2v) is 6.59. The van der Waals surface area contributed by atoms with Crippen LogP contribution in [0.4, 0.5) is 5.95 Å². The minimum atomic E-state index is -0.104. The van der Waals surface area contributed by atoms with Crippen LogP contribution in [0.2, 0.25) is 0 Å². The standard InChI is InChI=1S/C17H20N6O2/c24-15(14-10-18-5-6-19-14)22-8-9-25-13-17(11-22)2-7-23(12-17)16-20-3-1-4-21-16/h1,3-6,10H,2,7-9,11-13H2/t17-/m0/s1. The number of amides is 1. The third kappa shape index (κ3) is 3.30. The van der Waals surface area contributed by atoms with Gasteiger partial charge in [-0.3, -0.25) is 9.78 Å². The summed E-state index contributed by atoms with van der Waals surface area (Å²) in [6.45, 7) is 4.03. The van der Waals surface area contributed by atoms with Crippen molar-refractivity contribution in [3.63, 3.8) is 0 Å². The van der Waals surface area contributed by atoms with Crippen LogP contribution >= 0.6 is 0 Å². The highest BCUT2D eigenvalue weighted by atomic mass is 16.5. The third-order valence-electron chi connectivity index (χ3n) is 4.78. The molecule has 0 aromatic carbocycles. The van der Waals surface area contributed by atoms with Crippen LogP contribution in [-0.4, -0.2) is 70.1 Å². The molecule has 2 aromatic rings. The Bertz CT molecular complexity index is 728. The van der Waals surface area contributed by atoms with Crippen LogP contribution in [-0.2, 0) is 4.74 Å². The van der Waals surface area contributed by atoms with Crippen molar-refractivity contribution < 1.29 is 9.53 Å². The summed E-state index contributed by atoms with van der Waals surface area (Å²) in [5.74, 6) is 0.641. The quantitative estimate of drug-likeness (QED) is 0.793. The SMILES string of the molecule is O=C(c1cnccn1)N1CCOC[C@@]2(CCN(c3ncccn3)C2)C1. The van der Waals surface area contributed by atoms with Gasteiger partial charge in [0, 0.05) is 56.4 Å². The average Bonchev–Trinajstić information content (AvgIpc) is 2.97. The van der Waals surface area contributed by atoms with Gasteiger partial charge in [0.15, 0.2) is 0 Å². The summed E-state index contributed by atoms with van der Waals surface area (Å²) in [7, 11) is 0. The summed E-state index contributed by atoms with van der Waals surface area (Å²) in [6.07, 6.45) is 9.07. The Labute approximate surface area is 145 Å². The number of anilines is 1. The fraction of sp³-hybridized carbons (Fsp3) is 0.471. The third-order valence-corrected chi connectivity index (χ3v) is 4.78. The van der Waals surface area contributed by atoms with Gasteiger partial charge in [0.1, 0.15) is 5.69 Å². The molecule has 1 amide bonds. The number of nitrogens with zero attached hydrogens (tertiary/aromatic N) is 6. The molecule has 2 aromatic heterocycles. The van der Waals surface area contributed by atoms with Crippen LogP contribution in [0, 0.1) is 5.41 Å². The van der Waals surface area contributed by atoms with E-state index in [0.717, 1.165) is 25.5 Å². The highest BCUT2D eigenvalue weighted by molar-refractivity contribution is 5.92. The van der Waals surface area contributed by atoms with E-state index in [0.29, 0.717) is 32.0 Å². The molecule has 0 aliphatic carbocycles. The van der Waals surface area contributed by atoms with Crippen molar-refractivity contribution in [1.29, 1.82) is 0 Å². The second kappa shape index (κ2) is 6.72. The first-order chi connectivity index (χ1) is 12.3. The highest BCUT2D eigenvalue weighted by Gasteiger charge is 2.43. The van der Waals surface area contributed by atoms with E-state index in [-0.39, 0.29) is 11.3 Å². The molecule has 0 saturated carbocycles. The maximum Gasteiger partial charge on any atom is 0.274 e. The number of ether oxygens (including phenoxy) is 1. The zero-order valence-corrected chi connectivity index (χ0v) is 13.9. The lowest BCUT2D eigenvalue weighted by Gasteiger charge is -2.31. The minimum absolute atomic E-state index is 0.0904. The molecule has 8 heteroatoms. The summed E-state index contributed by atoms with van der Waals surface area (Å²) < 4.78 is 5.84. The molecule has 2 fully saturated rings. The van der Waals surface area contributed by atoms with Gasteiger partial charge in [-0.2, -0.15) is 0 Å². The van der Waals surface area contributed by atoms with Gasteiger partial charge in [0.2, 0.25) is 5.95 Å². The first-order valence-corrected chi connectivity index (χ1v) is 8.41. The molecule has 2 aliphatic heterocycles. The van der Waals surface area contributed by atoms with Gasteiger partial charge in [-0.15, -0.1) is 0 Å². The smallest absolute Gasteiger partial charge is 0.274 e. The number of hydrogen-bond donors (Lipinski definition) is 0. The second-order valence-electron chi connectivity index (χ2n) is 6.59. The van der Waals surface area contributed by atoms with Crippen LogP contribution in [0.3, 0.4) is 0 Å². The van der Waals surface area contributed by atoms with E-state index in [4.69, 9.17) is 4.74 Å². The Hall–Kier alpha value is -2.61. The zero-order valence-electron chi connectivity index (χ0n) is 13.9. The summed E-state index contributed by atoms with van der Waals surface area (Å²) in [4.78, 5) is 33.6. The average molecular weight is 340 g/mol. The molecule has 2 aliphatic rings. The molecular weight excluding hydrogens is 320 g/mol. The van der Waals surface area contributed by atoms with E-state index >= 15 is 0 Å². The normalized spacial score (nSPS) is 23.7. The van der Waals surface area contributed by atoms with E-state index in [1.807, 2.05) is 11.0 Å². The van der Waals surface area contributed by atoms with Gasteiger partial charge < -0.3 is 14.5 Å². The topological polar surface area (TPSA) is 84.3 Å². The van der Waals surface area contributed by atoms with Crippen LogP contribution in [0.25, 0.3) is 0 Å². The minimum Gasteiger partial charge on any atom is -0.379 e. The number of carbonyl (C=O) groups is 1. The summed E-state index contributed by atoms with van der Waals surface area (Å²) >= 11 is 0. The maximum absolute atomic E-state index is 12.8. The Morgan fingerprint density at radius 1 is 1.08 bits per heavy atom. The largest absolute Gasteiger partial charge is 0.379 e. The summed E-state index contributed by atoms with van der Waals surface area (Å²) in [6, 6.07) is 1.81. The number of hydrogen-bond acceptors (Lipinski definition) is 7.